The predicted molar refractivity (Wildman–Crippen MR) is 43.9 cm³/mol. The SMILES string of the molecule is O=C(O)c1nc(Br)c(F)cc1Cl. The molecule has 0 aliphatic heterocycles. The summed E-state index contributed by atoms with van der Waals surface area (Å²) < 4.78 is 12.5. The van der Waals surface area contributed by atoms with E-state index in [4.69, 9.17) is 16.7 Å². The highest BCUT2D eigenvalue weighted by molar-refractivity contribution is 9.10. The third-order valence-electron chi connectivity index (χ3n) is 1.09. The molecule has 6 heteroatoms. The third-order valence-corrected chi connectivity index (χ3v) is 1.93. The Morgan fingerprint density at radius 2 is 2.33 bits per heavy atom. The Balaban J connectivity index is 3.33. The third kappa shape index (κ3) is 1.73. The van der Waals surface area contributed by atoms with E-state index in [0.29, 0.717) is 0 Å². The molecule has 0 unspecified atom stereocenters. The Morgan fingerprint density at radius 3 is 2.83 bits per heavy atom. The van der Waals surface area contributed by atoms with Gasteiger partial charge in [-0.25, -0.2) is 14.2 Å². The van der Waals surface area contributed by atoms with Gasteiger partial charge in [-0.3, -0.25) is 0 Å². The molecule has 0 aliphatic rings. The number of halogens is 3. The molecule has 3 nitrogen and oxygen atoms in total. The van der Waals surface area contributed by atoms with E-state index in [1.807, 2.05) is 0 Å². The van der Waals surface area contributed by atoms with Crippen molar-refractivity contribution in [1.29, 1.82) is 0 Å². The smallest absolute Gasteiger partial charge is 0.356 e. The average molecular weight is 254 g/mol. The van der Waals surface area contributed by atoms with E-state index in [-0.39, 0.29) is 15.3 Å². The maximum atomic E-state index is 12.6. The summed E-state index contributed by atoms with van der Waals surface area (Å²) in [6.07, 6.45) is 0. The Bertz CT molecular complexity index is 345. The summed E-state index contributed by atoms with van der Waals surface area (Å²) in [6.45, 7) is 0. The molecule has 0 aromatic carbocycles. The Labute approximate surface area is 80.3 Å². The van der Waals surface area contributed by atoms with E-state index in [1.165, 1.54) is 0 Å². The van der Waals surface area contributed by atoms with Crippen molar-refractivity contribution in [2.45, 2.75) is 0 Å². The van der Waals surface area contributed by atoms with Gasteiger partial charge in [-0.05, 0) is 22.0 Å². The van der Waals surface area contributed by atoms with Crippen molar-refractivity contribution >= 4 is 33.5 Å². The van der Waals surface area contributed by atoms with E-state index in [2.05, 4.69) is 20.9 Å². The molecule has 0 fully saturated rings. The van der Waals surface area contributed by atoms with Crippen LogP contribution in [0.1, 0.15) is 10.5 Å². The van der Waals surface area contributed by atoms with E-state index >= 15 is 0 Å². The molecule has 0 aliphatic carbocycles. The number of carboxylic acids is 1. The number of carbonyl (C=O) groups is 1. The average Bonchev–Trinajstić information content (AvgIpc) is 1.96. The van der Waals surface area contributed by atoms with Crippen LogP contribution in [0.2, 0.25) is 5.02 Å². The summed E-state index contributed by atoms with van der Waals surface area (Å²) in [6, 6.07) is 0.891. The topological polar surface area (TPSA) is 50.2 Å². The molecule has 0 amide bonds. The normalized spacial score (nSPS) is 9.92. The quantitative estimate of drug-likeness (QED) is 0.783. The molecule has 1 N–H and O–H groups in total. The van der Waals surface area contributed by atoms with Crippen LogP contribution in [0.5, 0.6) is 0 Å². The van der Waals surface area contributed by atoms with Gasteiger partial charge in [0.2, 0.25) is 0 Å². The van der Waals surface area contributed by atoms with Crippen molar-refractivity contribution in [3.63, 3.8) is 0 Å². The first-order valence-corrected chi connectivity index (χ1v) is 3.94. The number of aromatic carboxylic acids is 1. The fourth-order valence-electron chi connectivity index (χ4n) is 0.594. The molecule has 0 bridgehead atoms. The zero-order chi connectivity index (χ0) is 9.30. The van der Waals surface area contributed by atoms with Crippen LogP contribution < -0.4 is 0 Å². The lowest BCUT2D eigenvalue weighted by Crippen LogP contribution is -2.02. The van der Waals surface area contributed by atoms with Crippen LogP contribution in [0.3, 0.4) is 0 Å². The summed E-state index contributed by atoms with van der Waals surface area (Å²) in [5.74, 6) is -1.98. The zero-order valence-corrected chi connectivity index (χ0v) is 7.86. The molecule has 0 saturated carbocycles. The number of rotatable bonds is 1. The second kappa shape index (κ2) is 3.37. The van der Waals surface area contributed by atoms with Gasteiger partial charge in [0.15, 0.2) is 11.5 Å². The lowest BCUT2D eigenvalue weighted by atomic mass is 10.3. The van der Waals surface area contributed by atoms with Crippen molar-refractivity contribution in [3.8, 4) is 0 Å². The van der Waals surface area contributed by atoms with Gasteiger partial charge in [0.25, 0.3) is 0 Å². The molecule has 0 radical (unpaired) electrons. The number of hydrogen-bond donors (Lipinski definition) is 1. The lowest BCUT2D eigenvalue weighted by Gasteiger charge is -1.98. The van der Waals surface area contributed by atoms with E-state index in [1.54, 1.807) is 0 Å². The lowest BCUT2D eigenvalue weighted by molar-refractivity contribution is 0.0690. The van der Waals surface area contributed by atoms with Gasteiger partial charge >= 0.3 is 5.97 Å². The van der Waals surface area contributed by atoms with Crippen molar-refractivity contribution in [3.05, 3.63) is 27.2 Å². The van der Waals surface area contributed by atoms with E-state index in [9.17, 15) is 9.18 Å². The van der Waals surface area contributed by atoms with Gasteiger partial charge in [-0.1, -0.05) is 11.6 Å². The van der Waals surface area contributed by atoms with Crippen LogP contribution in [0.15, 0.2) is 10.7 Å². The Hall–Kier alpha value is -0.680. The van der Waals surface area contributed by atoms with Gasteiger partial charge in [0.1, 0.15) is 4.60 Å². The van der Waals surface area contributed by atoms with Gasteiger partial charge in [-0.2, -0.15) is 0 Å². The van der Waals surface area contributed by atoms with Crippen molar-refractivity contribution in [1.82, 2.24) is 4.98 Å². The van der Waals surface area contributed by atoms with Crippen LogP contribution in [0.25, 0.3) is 0 Å². The van der Waals surface area contributed by atoms with Crippen molar-refractivity contribution in [2.75, 3.05) is 0 Å². The van der Waals surface area contributed by atoms with Crippen LogP contribution in [-0.4, -0.2) is 16.1 Å². The fraction of sp³-hybridized carbons (Fsp3) is 0. The Morgan fingerprint density at radius 1 is 1.75 bits per heavy atom. The van der Waals surface area contributed by atoms with Crippen LogP contribution in [-0.2, 0) is 0 Å². The second-order valence-corrected chi connectivity index (χ2v) is 3.05. The van der Waals surface area contributed by atoms with Gasteiger partial charge in [0.05, 0.1) is 5.02 Å². The van der Waals surface area contributed by atoms with Gasteiger partial charge in [0, 0.05) is 0 Å². The van der Waals surface area contributed by atoms with Crippen LogP contribution >= 0.6 is 27.5 Å². The maximum absolute atomic E-state index is 12.6. The fourth-order valence-corrected chi connectivity index (χ4v) is 1.10. The van der Waals surface area contributed by atoms with E-state index < -0.39 is 11.8 Å². The second-order valence-electron chi connectivity index (χ2n) is 1.90. The molecule has 0 saturated heterocycles. The first kappa shape index (κ1) is 9.41. The minimum Gasteiger partial charge on any atom is -0.476 e. The van der Waals surface area contributed by atoms with Crippen LogP contribution in [0.4, 0.5) is 4.39 Å². The first-order chi connectivity index (χ1) is 5.52. The van der Waals surface area contributed by atoms with Crippen molar-refractivity contribution < 1.29 is 14.3 Å². The summed E-state index contributed by atoms with van der Waals surface area (Å²) in [4.78, 5) is 13.8. The number of pyridine rings is 1. The largest absolute Gasteiger partial charge is 0.476 e. The molecular formula is C6H2BrClFNO2. The summed E-state index contributed by atoms with van der Waals surface area (Å²) in [5.41, 5.74) is -0.370. The number of hydrogen-bond acceptors (Lipinski definition) is 2. The molecule has 0 atom stereocenters. The van der Waals surface area contributed by atoms with Gasteiger partial charge in [-0.15, -0.1) is 0 Å². The molecule has 12 heavy (non-hydrogen) atoms. The molecule has 1 aromatic rings. The number of carboxylic acid groups (broad SMARTS) is 1. The molecule has 64 valence electrons. The summed E-state index contributed by atoms with van der Waals surface area (Å²) in [7, 11) is 0. The minimum atomic E-state index is -1.29. The van der Waals surface area contributed by atoms with Crippen molar-refractivity contribution in [2.24, 2.45) is 0 Å². The molecule has 1 aromatic heterocycles. The van der Waals surface area contributed by atoms with E-state index in [0.717, 1.165) is 6.07 Å². The molecule has 1 heterocycles. The summed E-state index contributed by atoms with van der Waals surface area (Å²) >= 11 is 8.13. The highest BCUT2D eigenvalue weighted by atomic mass is 79.9. The maximum Gasteiger partial charge on any atom is 0.356 e. The summed E-state index contributed by atoms with van der Waals surface area (Å²) in [5, 5.41) is 8.27. The predicted octanol–water partition coefficient (Wildman–Crippen LogP) is 2.33. The highest BCUT2D eigenvalue weighted by Gasteiger charge is 2.13. The molecule has 1 rings (SSSR count). The zero-order valence-electron chi connectivity index (χ0n) is 5.51. The molecule has 0 spiro atoms. The monoisotopic (exact) mass is 253 g/mol. The standard InChI is InChI=1S/C6H2BrClFNO2/c7-5-3(9)1-2(8)4(10-5)6(11)12/h1H,(H,11,12). The van der Waals surface area contributed by atoms with Gasteiger partial charge < -0.3 is 5.11 Å². The Kier molecular flexibility index (Phi) is 2.64. The minimum absolute atomic E-state index is 0.163. The first-order valence-electron chi connectivity index (χ1n) is 2.77. The number of aromatic nitrogens is 1. The molecular weight excluding hydrogens is 252 g/mol. The number of nitrogens with zero attached hydrogens (tertiary/aromatic N) is 1. The van der Waals surface area contributed by atoms with Crippen LogP contribution in [0, 0.1) is 5.82 Å². The highest BCUT2D eigenvalue weighted by Crippen LogP contribution is 2.20.